The SMILES string of the molecule is CNC(=O)[C@@H](C)NC(=O)[C@H]1NCCO[C@@H]1C.Cl. The van der Waals surface area contributed by atoms with E-state index in [0.29, 0.717) is 13.2 Å². The van der Waals surface area contributed by atoms with E-state index in [1.54, 1.807) is 6.92 Å². The van der Waals surface area contributed by atoms with E-state index in [2.05, 4.69) is 16.0 Å². The highest BCUT2D eigenvalue weighted by Crippen LogP contribution is 2.04. The summed E-state index contributed by atoms with van der Waals surface area (Å²) < 4.78 is 5.36. The summed E-state index contributed by atoms with van der Waals surface area (Å²) in [5, 5.41) is 8.18. The normalized spacial score (nSPS) is 25.4. The molecule has 6 nitrogen and oxygen atoms in total. The smallest absolute Gasteiger partial charge is 0.242 e. The predicted molar refractivity (Wildman–Crippen MR) is 66.1 cm³/mol. The molecule has 3 atom stereocenters. The van der Waals surface area contributed by atoms with Gasteiger partial charge in [0.05, 0.1) is 12.7 Å². The summed E-state index contributed by atoms with van der Waals surface area (Å²) in [6.07, 6.45) is -0.175. The molecule has 0 aliphatic carbocycles. The van der Waals surface area contributed by atoms with E-state index in [1.807, 2.05) is 6.92 Å². The summed E-state index contributed by atoms with van der Waals surface area (Å²) in [6.45, 7) is 4.73. The van der Waals surface area contributed by atoms with Gasteiger partial charge < -0.3 is 20.7 Å². The lowest BCUT2D eigenvalue weighted by Crippen LogP contribution is -2.58. The Balaban J connectivity index is 0.00000256. The number of carbonyl (C=O) groups is 2. The van der Waals surface area contributed by atoms with Crippen LogP contribution in [-0.2, 0) is 14.3 Å². The zero-order valence-corrected chi connectivity index (χ0v) is 11.1. The molecule has 3 N–H and O–H groups in total. The highest BCUT2D eigenvalue weighted by Gasteiger charge is 2.29. The number of carbonyl (C=O) groups excluding carboxylic acids is 2. The summed E-state index contributed by atoms with van der Waals surface area (Å²) in [7, 11) is 1.54. The minimum absolute atomic E-state index is 0. The van der Waals surface area contributed by atoms with Crippen LogP contribution in [0.5, 0.6) is 0 Å². The van der Waals surface area contributed by atoms with Gasteiger partial charge in [-0.05, 0) is 13.8 Å². The van der Waals surface area contributed by atoms with Crippen LogP contribution < -0.4 is 16.0 Å². The molecule has 1 rings (SSSR count). The van der Waals surface area contributed by atoms with Gasteiger partial charge in [0, 0.05) is 13.6 Å². The van der Waals surface area contributed by atoms with Gasteiger partial charge in [-0.3, -0.25) is 9.59 Å². The maximum Gasteiger partial charge on any atom is 0.242 e. The molecule has 7 heteroatoms. The second-order valence-electron chi connectivity index (χ2n) is 3.85. The molecule has 0 aromatic heterocycles. The Labute approximate surface area is 107 Å². The van der Waals surface area contributed by atoms with Gasteiger partial charge in [0.2, 0.25) is 11.8 Å². The Hall–Kier alpha value is -0.850. The number of nitrogens with one attached hydrogen (secondary N) is 3. The molecule has 0 aromatic rings. The molecule has 0 bridgehead atoms. The molecule has 1 heterocycles. The molecule has 2 amide bonds. The highest BCUT2D eigenvalue weighted by molar-refractivity contribution is 5.89. The van der Waals surface area contributed by atoms with Gasteiger partial charge in [0.25, 0.3) is 0 Å². The molecule has 0 saturated carbocycles. The monoisotopic (exact) mass is 265 g/mol. The lowest BCUT2D eigenvalue weighted by atomic mass is 10.1. The number of amides is 2. The van der Waals surface area contributed by atoms with Crippen molar-refractivity contribution in [3.8, 4) is 0 Å². The van der Waals surface area contributed by atoms with E-state index in [1.165, 1.54) is 7.05 Å². The van der Waals surface area contributed by atoms with Crippen LogP contribution in [0.25, 0.3) is 0 Å². The molecule has 1 fully saturated rings. The van der Waals surface area contributed by atoms with Crippen molar-refractivity contribution in [1.29, 1.82) is 0 Å². The maximum absolute atomic E-state index is 11.8. The zero-order chi connectivity index (χ0) is 12.1. The van der Waals surface area contributed by atoms with Crippen molar-refractivity contribution in [2.45, 2.75) is 32.0 Å². The third-order valence-electron chi connectivity index (χ3n) is 2.60. The van der Waals surface area contributed by atoms with Crippen LogP contribution in [-0.4, -0.2) is 50.2 Å². The highest BCUT2D eigenvalue weighted by atomic mass is 35.5. The second-order valence-corrected chi connectivity index (χ2v) is 3.85. The summed E-state index contributed by atoms with van der Waals surface area (Å²) >= 11 is 0. The van der Waals surface area contributed by atoms with E-state index in [9.17, 15) is 9.59 Å². The zero-order valence-electron chi connectivity index (χ0n) is 10.3. The topological polar surface area (TPSA) is 79.5 Å². The molecule has 100 valence electrons. The molecule has 0 aromatic carbocycles. The third-order valence-corrected chi connectivity index (χ3v) is 2.60. The first-order chi connectivity index (χ1) is 7.56. The van der Waals surface area contributed by atoms with Gasteiger partial charge in [-0.2, -0.15) is 0 Å². The fourth-order valence-electron chi connectivity index (χ4n) is 1.61. The van der Waals surface area contributed by atoms with E-state index in [0.717, 1.165) is 0 Å². The van der Waals surface area contributed by atoms with Gasteiger partial charge in [0.15, 0.2) is 0 Å². The number of hydrogen-bond acceptors (Lipinski definition) is 4. The van der Waals surface area contributed by atoms with E-state index >= 15 is 0 Å². The summed E-state index contributed by atoms with van der Waals surface area (Å²) in [6, 6.07) is -0.922. The fourth-order valence-corrected chi connectivity index (χ4v) is 1.61. The van der Waals surface area contributed by atoms with Crippen LogP contribution in [0.3, 0.4) is 0 Å². The first-order valence-electron chi connectivity index (χ1n) is 5.43. The number of morpholine rings is 1. The van der Waals surface area contributed by atoms with Crippen LogP contribution in [0.4, 0.5) is 0 Å². The van der Waals surface area contributed by atoms with Crippen molar-refractivity contribution >= 4 is 24.2 Å². The van der Waals surface area contributed by atoms with Crippen molar-refractivity contribution in [2.75, 3.05) is 20.2 Å². The Kier molecular flexibility index (Phi) is 7.10. The standard InChI is InChI=1S/C10H19N3O3.ClH/c1-6(9(14)11-3)13-10(15)8-7(2)16-5-4-12-8;/h6-8,12H,4-5H2,1-3H3,(H,11,14)(H,13,15);1H/t6-,7-,8+;/m1./s1. The lowest BCUT2D eigenvalue weighted by Gasteiger charge is -2.30. The summed E-state index contributed by atoms with van der Waals surface area (Å²) in [4.78, 5) is 23.0. The van der Waals surface area contributed by atoms with Gasteiger partial charge in [-0.25, -0.2) is 0 Å². The minimum Gasteiger partial charge on any atom is -0.375 e. The number of hydrogen-bond donors (Lipinski definition) is 3. The van der Waals surface area contributed by atoms with E-state index in [-0.39, 0.29) is 36.4 Å². The Bertz CT molecular complexity index is 276. The van der Waals surface area contributed by atoms with Crippen LogP contribution in [0.1, 0.15) is 13.8 Å². The van der Waals surface area contributed by atoms with Gasteiger partial charge in [-0.15, -0.1) is 12.4 Å². The maximum atomic E-state index is 11.8. The predicted octanol–water partition coefficient (Wildman–Crippen LogP) is -0.964. The average molecular weight is 266 g/mol. The van der Waals surface area contributed by atoms with Crippen LogP contribution >= 0.6 is 12.4 Å². The Morgan fingerprint density at radius 3 is 2.65 bits per heavy atom. The van der Waals surface area contributed by atoms with E-state index < -0.39 is 6.04 Å². The van der Waals surface area contributed by atoms with E-state index in [4.69, 9.17) is 4.74 Å². The Morgan fingerprint density at radius 1 is 1.47 bits per heavy atom. The van der Waals surface area contributed by atoms with Crippen LogP contribution in [0, 0.1) is 0 Å². The molecule has 0 radical (unpaired) electrons. The molecule has 1 saturated heterocycles. The number of ether oxygens (including phenoxy) is 1. The molecular formula is C10H20ClN3O3. The van der Waals surface area contributed by atoms with Crippen molar-refractivity contribution in [3.05, 3.63) is 0 Å². The Morgan fingerprint density at radius 2 is 2.12 bits per heavy atom. The van der Waals surface area contributed by atoms with Crippen molar-refractivity contribution in [2.24, 2.45) is 0 Å². The molecule has 1 aliphatic rings. The lowest BCUT2D eigenvalue weighted by molar-refractivity contribution is -0.133. The second kappa shape index (κ2) is 7.47. The molecule has 17 heavy (non-hydrogen) atoms. The molecule has 0 unspecified atom stereocenters. The average Bonchev–Trinajstić information content (AvgIpc) is 2.28. The molecule has 0 spiro atoms. The van der Waals surface area contributed by atoms with Crippen molar-refractivity contribution < 1.29 is 14.3 Å². The third kappa shape index (κ3) is 4.49. The van der Waals surface area contributed by atoms with Gasteiger partial charge in [0.1, 0.15) is 12.1 Å². The number of likely N-dealkylation sites (N-methyl/N-ethyl adjacent to an activating group) is 1. The van der Waals surface area contributed by atoms with Crippen LogP contribution in [0.15, 0.2) is 0 Å². The molecule has 1 aliphatic heterocycles. The minimum atomic E-state index is -0.534. The first-order valence-corrected chi connectivity index (χ1v) is 5.43. The number of halogens is 1. The molecular weight excluding hydrogens is 246 g/mol. The summed E-state index contributed by atoms with van der Waals surface area (Å²) in [5.41, 5.74) is 0. The number of rotatable bonds is 3. The van der Waals surface area contributed by atoms with Gasteiger partial charge >= 0.3 is 0 Å². The van der Waals surface area contributed by atoms with Gasteiger partial charge in [-0.1, -0.05) is 0 Å². The van der Waals surface area contributed by atoms with Crippen molar-refractivity contribution in [1.82, 2.24) is 16.0 Å². The first kappa shape index (κ1) is 16.1. The van der Waals surface area contributed by atoms with Crippen molar-refractivity contribution in [3.63, 3.8) is 0 Å². The quantitative estimate of drug-likeness (QED) is 0.614. The summed E-state index contributed by atoms with van der Waals surface area (Å²) in [5.74, 6) is -0.416. The van der Waals surface area contributed by atoms with Crippen LogP contribution in [0.2, 0.25) is 0 Å². The fraction of sp³-hybridized carbons (Fsp3) is 0.800. The largest absolute Gasteiger partial charge is 0.375 e.